The zero-order valence-corrected chi connectivity index (χ0v) is 14.6. The van der Waals surface area contributed by atoms with Crippen LogP contribution in [0.5, 0.6) is 0 Å². The van der Waals surface area contributed by atoms with E-state index in [-0.39, 0.29) is 11.8 Å². The van der Waals surface area contributed by atoms with E-state index in [1.807, 2.05) is 30.4 Å². The summed E-state index contributed by atoms with van der Waals surface area (Å²) in [6.45, 7) is 6.87. The third-order valence-electron chi connectivity index (χ3n) is 4.83. The summed E-state index contributed by atoms with van der Waals surface area (Å²) in [5.74, 6) is -0.268. The second kappa shape index (κ2) is 7.80. The number of hydrogen-bond acceptors (Lipinski definition) is 4. The smallest absolute Gasteiger partial charge is 0.255 e. The van der Waals surface area contributed by atoms with Crippen LogP contribution in [-0.4, -0.2) is 73.1 Å². The summed E-state index contributed by atoms with van der Waals surface area (Å²) in [6.07, 6.45) is 3.69. The van der Waals surface area contributed by atoms with Crippen molar-refractivity contribution in [3.8, 4) is 0 Å². The van der Waals surface area contributed by atoms with Gasteiger partial charge >= 0.3 is 0 Å². The van der Waals surface area contributed by atoms with E-state index >= 15 is 0 Å². The van der Waals surface area contributed by atoms with Crippen LogP contribution in [0.1, 0.15) is 17.3 Å². The molecule has 6 nitrogen and oxygen atoms in total. The van der Waals surface area contributed by atoms with Gasteiger partial charge in [-0.3, -0.25) is 14.5 Å². The molecule has 3 rings (SSSR count). The molecule has 1 unspecified atom stereocenters. The van der Waals surface area contributed by atoms with Crippen LogP contribution >= 0.6 is 0 Å². The lowest BCUT2D eigenvalue weighted by molar-refractivity contribution is -0.128. The van der Waals surface area contributed by atoms with Gasteiger partial charge in [0, 0.05) is 38.3 Å². The van der Waals surface area contributed by atoms with E-state index in [0.717, 1.165) is 32.8 Å². The maximum Gasteiger partial charge on any atom is 0.255 e. The molecule has 1 saturated heterocycles. The number of amides is 2. The molecule has 0 spiro atoms. The molecule has 0 aliphatic carbocycles. The molecule has 134 valence electrons. The van der Waals surface area contributed by atoms with Crippen molar-refractivity contribution in [2.45, 2.75) is 12.5 Å². The summed E-state index contributed by atoms with van der Waals surface area (Å²) < 4.78 is 5.32. The Balaban J connectivity index is 1.59. The molecule has 0 aromatic heterocycles. The summed E-state index contributed by atoms with van der Waals surface area (Å²) in [5, 5.41) is 2.98. The van der Waals surface area contributed by atoms with E-state index in [0.29, 0.717) is 18.7 Å². The second-order valence-electron chi connectivity index (χ2n) is 6.54. The van der Waals surface area contributed by atoms with Gasteiger partial charge in [-0.1, -0.05) is 30.4 Å². The fraction of sp³-hybridized carbons (Fsp3) is 0.474. The number of rotatable bonds is 5. The molecule has 25 heavy (non-hydrogen) atoms. The maximum absolute atomic E-state index is 12.8. The minimum Gasteiger partial charge on any atom is -0.379 e. The van der Waals surface area contributed by atoms with Gasteiger partial charge in [-0.2, -0.15) is 0 Å². The molecule has 2 aliphatic rings. The highest BCUT2D eigenvalue weighted by Crippen LogP contribution is 2.25. The summed E-state index contributed by atoms with van der Waals surface area (Å²) in [6, 6.07) is 9.08. The fourth-order valence-corrected chi connectivity index (χ4v) is 3.23. The predicted octanol–water partition coefficient (Wildman–Crippen LogP) is 0.906. The molecule has 6 heteroatoms. The van der Waals surface area contributed by atoms with E-state index < -0.39 is 5.54 Å². The number of morpholine rings is 1. The number of benzene rings is 1. The number of hydrogen-bond donors (Lipinski definition) is 1. The van der Waals surface area contributed by atoms with Crippen molar-refractivity contribution in [1.82, 2.24) is 15.1 Å². The van der Waals surface area contributed by atoms with Gasteiger partial charge < -0.3 is 15.0 Å². The van der Waals surface area contributed by atoms with Gasteiger partial charge in [0.05, 0.1) is 13.2 Å². The predicted molar refractivity (Wildman–Crippen MR) is 95.3 cm³/mol. The topological polar surface area (TPSA) is 61.9 Å². The Labute approximate surface area is 148 Å². The van der Waals surface area contributed by atoms with E-state index in [1.54, 1.807) is 24.0 Å². The molecule has 2 heterocycles. The Morgan fingerprint density at radius 1 is 1.20 bits per heavy atom. The summed E-state index contributed by atoms with van der Waals surface area (Å²) >= 11 is 0. The van der Waals surface area contributed by atoms with Crippen molar-refractivity contribution in [3.05, 3.63) is 48.0 Å². The first-order chi connectivity index (χ1) is 12.1. The van der Waals surface area contributed by atoms with Crippen molar-refractivity contribution in [1.29, 1.82) is 0 Å². The van der Waals surface area contributed by atoms with Crippen molar-refractivity contribution in [3.63, 3.8) is 0 Å². The third kappa shape index (κ3) is 3.91. The molecule has 2 amide bonds. The minimum absolute atomic E-state index is 0.128. The van der Waals surface area contributed by atoms with Crippen molar-refractivity contribution >= 4 is 11.8 Å². The first kappa shape index (κ1) is 17.6. The highest BCUT2D eigenvalue weighted by atomic mass is 16.5. The van der Waals surface area contributed by atoms with Crippen molar-refractivity contribution < 1.29 is 14.3 Å². The van der Waals surface area contributed by atoms with Crippen molar-refractivity contribution in [2.24, 2.45) is 0 Å². The Morgan fingerprint density at radius 2 is 1.92 bits per heavy atom. The normalized spacial score (nSPS) is 23.6. The van der Waals surface area contributed by atoms with Gasteiger partial charge in [0.2, 0.25) is 5.91 Å². The van der Waals surface area contributed by atoms with Crippen LogP contribution in [0.4, 0.5) is 0 Å². The highest BCUT2D eigenvalue weighted by Gasteiger charge is 2.42. The zero-order chi connectivity index (χ0) is 17.7. The molecule has 0 radical (unpaired) electrons. The number of nitrogens with one attached hydrogen (secondary N) is 1. The molecule has 1 fully saturated rings. The van der Waals surface area contributed by atoms with Gasteiger partial charge in [-0.25, -0.2) is 0 Å². The average Bonchev–Trinajstić information content (AvgIpc) is 3.05. The van der Waals surface area contributed by atoms with Gasteiger partial charge in [-0.15, -0.1) is 0 Å². The Hall–Kier alpha value is -2.18. The Kier molecular flexibility index (Phi) is 5.50. The van der Waals surface area contributed by atoms with Gasteiger partial charge in [0.1, 0.15) is 5.54 Å². The third-order valence-corrected chi connectivity index (χ3v) is 4.83. The van der Waals surface area contributed by atoms with Gasteiger partial charge in [0.25, 0.3) is 5.91 Å². The Morgan fingerprint density at radius 3 is 2.64 bits per heavy atom. The first-order valence-electron chi connectivity index (χ1n) is 8.74. The number of nitrogens with zero attached hydrogens (tertiary/aromatic N) is 2. The van der Waals surface area contributed by atoms with Crippen LogP contribution in [-0.2, 0) is 9.53 Å². The van der Waals surface area contributed by atoms with Crippen LogP contribution in [0.25, 0.3) is 0 Å². The molecule has 1 N–H and O–H groups in total. The lowest BCUT2D eigenvalue weighted by atomic mass is 10.00. The monoisotopic (exact) mass is 343 g/mol. The standard InChI is InChI=1S/C19H25N3O3/c1-19(18(24)20-9-11-21-12-14-25-15-13-21)8-5-10-22(19)17(23)16-6-3-2-4-7-16/h2-8H,9-15H2,1H3,(H,20,24). The molecule has 2 aliphatic heterocycles. The SMILES string of the molecule is CC1(C(=O)NCCN2CCOCC2)C=CCN1C(=O)c1ccccc1. The van der Waals surface area contributed by atoms with Crippen LogP contribution in [0, 0.1) is 0 Å². The molecule has 1 atom stereocenters. The van der Waals surface area contributed by atoms with Crippen LogP contribution in [0.15, 0.2) is 42.5 Å². The molecular formula is C19H25N3O3. The second-order valence-corrected chi connectivity index (χ2v) is 6.54. The fourth-order valence-electron chi connectivity index (χ4n) is 3.23. The summed E-state index contributed by atoms with van der Waals surface area (Å²) in [5.41, 5.74) is -0.351. The van der Waals surface area contributed by atoms with Crippen LogP contribution in [0.2, 0.25) is 0 Å². The molecule has 0 bridgehead atoms. The highest BCUT2D eigenvalue weighted by molar-refractivity contribution is 6.00. The largest absolute Gasteiger partial charge is 0.379 e. The summed E-state index contributed by atoms with van der Waals surface area (Å²) in [7, 11) is 0. The van der Waals surface area contributed by atoms with Crippen LogP contribution in [0.3, 0.4) is 0 Å². The van der Waals surface area contributed by atoms with Crippen LogP contribution < -0.4 is 5.32 Å². The molecule has 1 aromatic rings. The molecular weight excluding hydrogens is 318 g/mol. The minimum atomic E-state index is -0.946. The Bertz CT molecular complexity index is 641. The average molecular weight is 343 g/mol. The van der Waals surface area contributed by atoms with E-state index in [4.69, 9.17) is 4.74 Å². The van der Waals surface area contributed by atoms with E-state index in [9.17, 15) is 9.59 Å². The lowest BCUT2D eigenvalue weighted by Gasteiger charge is -2.34. The maximum atomic E-state index is 12.8. The van der Waals surface area contributed by atoms with E-state index in [1.165, 1.54) is 0 Å². The van der Waals surface area contributed by atoms with Crippen molar-refractivity contribution in [2.75, 3.05) is 45.9 Å². The number of ether oxygens (including phenoxy) is 1. The lowest BCUT2D eigenvalue weighted by Crippen LogP contribution is -2.56. The first-order valence-corrected chi connectivity index (χ1v) is 8.74. The van der Waals surface area contributed by atoms with Gasteiger partial charge in [-0.05, 0) is 19.1 Å². The molecule has 0 saturated carbocycles. The number of carbonyl (C=O) groups is 2. The summed E-state index contributed by atoms with van der Waals surface area (Å²) in [4.78, 5) is 29.4. The molecule has 1 aromatic carbocycles. The number of carbonyl (C=O) groups excluding carboxylic acids is 2. The quantitative estimate of drug-likeness (QED) is 0.807. The van der Waals surface area contributed by atoms with E-state index in [2.05, 4.69) is 10.2 Å². The zero-order valence-electron chi connectivity index (χ0n) is 14.6. The van der Waals surface area contributed by atoms with Gasteiger partial charge in [0.15, 0.2) is 0 Å².